The SMILES string of the molecule is [O]CC1CC(=O)Nc2ccccc21. The molecule has 67 valence electrons. The molecule has 1 heterocycles. The summed E-state index contributed by atoms with van der Waals surface area (Å²) in [5, 5.41) is 13.6. The van der Waals surface area contributed by atoms with Crippen LogP contribution in [0.3, 0.4) is 0 Å². The van der Waals surface area contributed by atoms with E-state index >= 15 is 0 Å². The molecule has 1 amide bonds. The Morgan fingerprint density at radius 1 is 1.38 bits per heavy atom. The minimum atomic E-state index is -0.218. The summed E-state index contributed by atoms with van der Waals surface area (Å²) < 4.78 is 0. The van der Waals surface area contributed by atoms with Crippen LogP contribution in [0.5, 0.6) is 0 Å². The van der Waals surface area contributed by atoms with Crippen LogP contribution in [0.4, 0.5) is 5.69 Å². The lowest BCUT2D eigenvalue weighted by Gasteiger charge is -2.22. The number of rotatable bonds is 1. The zero-order chi connectivity index (χ0) is 9.26. The lowest BCUT2D eigenvalue weighted by atomic mass is 9.91. The Labute approximate surface area is 76.4 Å². The fourth-order valence-corrected chi connectivity index (χ4v) is 1.65. The Balaban J connectivity index is 2.42. The Bertz CT molecular complexity index is 335. The molecule has 1 aliphatic rings. The highest BCUT2D eigenvalue weighted by Crippen LogP contribution is 2.31. The number of carbonyl (C=O) groups excluding carboxylic acids is 1. The lowest BCUT2D eigenvalue weighted by molar-refractivity contribution is -0.117. The fourth-order valence-electron chi connectivity index (χ4n) is 1.65. The number of amides is 1. The van der Waals surface area contributed by atoms with Gasteiger partial charge in [0.15, 0.2) is 0 Å². The molecule has 0 fully saturated rings. The van der Waals surface area contributed by atoms with E-state index < -0.39 is 0 Å². The van der Waals surface area contributed by atoms with E-state index in [-0.39, 0.29) is 18.4 Å². The van der Waals surface area contributed by atoms with Gasteiger partial charge in [-0.05, 0) is 11.6 Å². The number of nitrogens with one attached hydrogen (secondary N) is 1. The number of para-hydroxylation sites is 1. The van der Waals surface area contributed by atoms with Crippen molar-refractivity contribution in [3.63, 3.8) is 0 Å². The highest BCUT2D eigenvalue weighted by Gasteiger charge is 2.23. The fraction of sp³-hybridized carbons (Fsp3) is 0.300. The molecule has 1 unspecified atom stereocenters. The quantitative estimate of drug-likeness (QED) is 0.693. The summed E-state index contributed by atoms with van der Waals surface area (Å²) in [6, 6.07) is 7.47. The first kappa shape index (κ1) is 8.26. The standard InChI is InChI=1S/C10H10NO2/c12-6-7-5-10(13)11-9-4-2-1-3-8(7)9/h1-4,7H,5-6H2,(H,11,13). The molecular formula is C10H10NO2. The molecule has 0 bridgehead atoms. The molecule has 0 saturated carbocycles. The largest absolute Gasteiger partial charge is 0.326 e. The summed E-state index contributed by atoms with van der Waals surface area (Å²) >= 11 is 0. The molecule has 1 radical (unpaired) electrons. The minimum Gasteiger partial charge on any atom is -0.326 e. The van der Waals surface area contributed by atoms with Crippen molar-refractivity contribution < 1.29 is 9.90 Å². The van der Waals surface area contributed by atoms with Gasteiger partial charge in [-0.25, -0.2) is 5.11 Å². The Kier molecular flexibility index (Phi) is 2.02. The topological polar surface area (TPSA) is 49.0 Å². The molecule has 3 heteroatoms. The maximum Gasteiger partial charge on any atom is 0.225 e. The first-order chi connectivity index (χ1) is 6.31. The van der Waals surface area contributed by atoms with E-state index in [4.69, 9.17) is 0 Å². The van der Waals surface area contributed by atoms with Gasteiger partial charge < -0.3 is 5.32 Å². The summed E-state index contributed by atoms with van der Waals surface area (Å²) in [6.45, 7) is -0.218. The van der Waals surface area contributed by atoms with Crippen molar-refractivity contribution in [1.82, 2.24) is 0 Å². The molecule has 0 saturated heterocycles. The number of hydrogen-bond acceptors (Lipinski definition) is 1. The van der Waals surface area contributed by atoms with E-state index in [1.165, 1.54) is 0 Å². The van der Waals surface area contributed by atoms with Crippen LogP contribution in [0.15, 0.2) is 24.3 Å². The molecule has 13 heavy (non-hydrogen) atoms. The average Bonchev–Trinajstić information content (AvgIpc) is 2.16. The zero-order valence-electron chi connectivity index (χ0n) is 7.12. The van der Waals surface area contributed by atoms with E-state index in [1.807, 2.05) is 24.3 Å². The summed E-state index contributed by atoms with van der Waals surface area (Å²) in [5.74, 6) is -0.204. The summed E-state index contributed by atoms with van der Waals surface area (Å²) in [5.41, 5.74) is 1.76. The van der Waals surface area contributed by atoms with Gasteiger partial charge in [-0.2, -0.15) is 0 Å². The van der Waals surface area contributed by atoms with Crippen molar-refractivity contribution in [2.45, 2.75) is 12.3 Å². The first-order valence-corrected chi connectivity index (χ1v) is 4.28. The maximum atomic E-state index is 11.1. The van der Waals surface area contributed by atoms with Gasteiger partial charge in [0, 0.05) is 18.0 Å². The Morgan fingerprint density at radius 2 is 2.15 bits per heavy atom. The number of hydrogen-bond donors (Lipinski definition) is 1. The molecule has 1 atom stereocenters. The van der Waals surface area contributed by atoms with E-state index in [1.54, 1.807) is 0 Å². The van der Waals surface area contributed by atoms with E-state index in [9.17, 15) is 9.90 Å². The summed E-state index contributed by atoms with van der Waals surface area (Å²) in [6.07, 6.45) is 0.320. The highest BCUT2D eigenvalue weighted by atomic mass is 16.3. The van der Waals surface area contributed by atoms with Crippen molar-refractivity contribution in [1.29, 1.82) is 0 Å². The third-order valence-corrected chi connectivity index (χ3v) is 2.31. The molecular weight excluding hydrogens is 166 g/mol. The number of carbonyl (C=O) groups is 1. The smallest absolute Gasteiger partial charge is 0.225 e. The van der Waals surface area contributed by atoms with Crippen LogP contribution in [0, 0.1) is 0 Å². The van der Waals surface area contributed by atoms with Gasteiger partial charge in [0.05, 0.1) is 6.61 Å². The van der Waals surface area contributed by atoms with Crippen LogP contribution < -0.4 is 5.32 Å². The Morgan fingerprint density at radius 3 is 2.92 bits per heavy atom. The molecule has 1 aromatic rings. The number of benzene rings is 1. The van der Waals surface area contributed by atoms with Crippen molar-refractivity contribution >= 4 is 11.6 Å². The van der Waals surface area contributed by atoms with Gasteiger partial charge in [-0.3, -0.25) is 4.79 Å². The molecule has 0 aromatic heterocycles. The molecule has 0 spiro atoms. The molecule has 1 N–H and O–H groups in total. The van der Waals surface area contributed by atoms with E-state index in [0.717, 1.165) is 11.3 Å². The third kappa shape index (κ3) is 1.42. The van der Waals surface area contributed by atoms with Crippen LogP contribution in [-0.2, 0) is 9.90 Å². The van der Waals surface area contributed by atoms with Crippen molar-refractivity contribution in [3.05, 3.63) is 29.8 Å². The zero-order valence-corrected chi connectivity index (χ0v) is 7.12. The second kappa shape index (κ2) is 3.18. The van der Waals surface area contributed by atoms with Gasteiger partial charge in [-0.15, -0.1) is 0 Å². The van der Waals surface area contributed by atoms with Crippen LogP contribution in [-0.4, -0.2) is 12.5 Å². The van der Waals surface area contributed by atoms with Crippen LogP contribution in [0.25, 0.3) is 0 Å². The number of fused-ring (bicyclic) bond motifs is 1. The second-order valence-corrected chi connectivity index (χ2v) is 3.20. The van der Waals surface area contributed by atoms with Gasteiger partial charge in [0.1, 0.15) is 0 Å². The Hall–Kier alpha value is -1.35. The van der Waals surface area contributed by atoms with Crippen molar-refractivity contribution in [2.24, 2.45) is 0 Å². The highest BCUT2D eigenvalue weighted by molar-refractivity contribution is 5.94. The normalized spacial score (nSPS) is 20.7. The summed E-state index contributed by atoms with van der Waals surface area (Å²) in [7, 11) is 0. The number of anilines is 1. The van der Waals surface area contributed by atoms with Crippen LogP contribution in [0.1, 0.15) is 17.9 Å². The first-order valence-electron chi connectivity index (χ1n) is 4.28. The predicted molar refractivity (Wildman–Crippen MR) is 48.0 cm³/mol. The van der Waals surface area contributed by atoms with Gasteiger partial charge >= 0.3 is 0 Å². The van der Waals surface area contributed by atoms with Gasteiger partial charge in [-0.1, -0.05) is 18.2 Å². The predicted octanol–water partition coefficient (Wildman–Crippen LogP) is 1.54. The third-order valence-electron chi connectivity index (χ3n) is 2.31. The van der Waals surface area contributed by atoms with Gasteiger partial charge in [0.25, 0.3) is 0 Å². The molecule has 0 aliphatic carbocycles. The van der Waals surface area contributed by atoms with Crippen molar-refractivity contribution in [2.75, 3.05) is 11.9 Å². The molecule has 2 rings (SSSR count). The maximum absolute atomic E-state index is 11.1. The molecule has 1 aromatic carbocycles. The molecule has 3 nitrogen and oxygen atoms in total. The van der Waals surface area contributed by atoms with Gasteiger partial charge in [0.2, 0.25) is 5.91 Å². The molecule has 1 aliphatic heterocycles. The van der Waals surface area contributed by atoms with Crippen LogP contribution in [0.2, 0.25) is 0 Å². The second-order valence-electron chi connectivity index (χ2n) is 3.20. The lowest BCUT2D eigenvalue weighted by Crippen LogP contribution is -2.24. The monoisotopic (exact) mass is 176 g/mol. The minimum absolute atomic E-state index is 0.0560. The van der Waals surface area contributed by atoms with E-state index in [2.05, 4.69) is 5.32 Å². The van der Waals surface area contributed by atoms with E-state index in [0.29, 0.717) is 6.42 Å². The average molecular weight is 176 g/mol. The summed E-state index contributed by atoms with van der Waals surface area (Å²) in [4.78, 5) is 11.1. The van der Waals surface area contributed by atoms with Crippen molar-refractivity contribution in [3.8, 4) is 0 Å². The van der Waals surface area contributed by atoms with Crippen LogP contribution >= 0.6 is 0 Å².